The first-order valence-electron chi connectivity index (χ1n) is 10.3. The molecule has 2 atom stereocenters. The van der Waals surface area contributed by atoms with Crippen LogP contribution in [0.15, 0.2) is 72.4 Å². The molecule has 4 aromatic rings. The molecule has 0 saturated carbocycles. The van der Waals surface area contributed by atoms with Gasteiger partial charge in [-0.15, -0.1) is 11.3 Å². The van der Waals surface area contributed by atoms with E-state index in [9.17, 15) is 9.59 Å². The minimum absolute atomic E-state index is 0.0200. The van der Waals surface area contributed by atoms with Crippen molar-refractivity contribution in [1.82, 2.24) is 14.3 Å². The number of benzene rings is 2. The van der Waals surface area contributed by atoms with Crippen LogP contribution in [0.25, 0.3) is 16.2 Å². The van der Waals surface area contributed by atoms with Crippen LogP contribution in [-0.4, -0.2) is 32.6 Å². The van der Waals surface area contributed by atoms with Crippen LogP contribution < -0.4 is 5.32 Å². The van der Waals surface area contributed by atoms with Crippen molar-refractivity contribution in [1.29, 1.82) is 0 Å². The maximum absolute atomic E-state index is 12.8. The molecular formula is C24H22N4O2S. The Morgan fingerprint density at radius 3 is 2.68 bits per heavy atom. The zero-order valence-corrected chi connectivity index (χ0v) is 17.9. The molecule has 0 bridgehead atoms. The van der Waals surface area contributed by atoms with Gasteiger partial charge < -0.3 is 10.2 Å². The molecule has 3 heterocycles. The van der Waals surface area contributed by atoms with E-state index in [1.165, 1.54) is 0 Å². The Balaban J connectivity index is 1.24. The average molecular weight is 431 g/mol. The highest BCUT2D eigenvalue weighted by Crippen LogP contribution is 2.29. The van der Waals surface area contributed by atoms with E-state index in [4.69, 9.17) is 0 Å². The van der Waals surface area contributed by atoms with E-state index in [0.717, 1.165) is 27.5 Å². The molecule has 1 saturated heterocycles. The summed E-state index contributed by atoms with van der Waals surface area (Å²) in [5.41, 5.74) is 3.69. The highest BCUT2D eigenvalue weighted by Gasteiger charge is 2.37. The van der Waals surface area contributed by atoms with Crippen molar-refractivity contribution in [3.05, 3.63) is 77.9 Å². The van der Waals surface area contributed by atoms with Crippen LogP contribution in [0.5, 0.6) is 0 Å². The molecule has 0 unspecified atom stereocenters. The molecule has 5 rings (SSSR count). The molecule has 0 aliphatic carbocycles. The minimum Gasteiger partial charge on any atom is -0.335 e. The summed E-state index contributed by atoms with van der Waals surface area (Å²) >= 11 is 1.59. The van der Waals surface area contributed by atoms with Crippen LogP contribution in [0, 0.1) is 5.92 Å². The van der Waals surface area contributed by atoms with Gasteiger partial charge in [0.25, 0.3) is 0 Å². The summed E-state index contributed by atoms with van der Waals surface area (Å²) in [4.78, 5) is 32.7. The lowest BCUT2D eigenvalue weighted by atomic mass is 10.1. The number of carbonyl (C=O) groups excluding carboxylic acids is 2. The summed E-state index contributed by atoms with van der Waals surface area (Å²) < 4.78 is 2.00. The highest BCUT2D eigenvalue weighted by molar-refractivity contribution is 7.15. The zero-order chi connectivity index (χ0) is 21.4. The van der Waals surface area contributed by atoms with Crippen LogP contribution in [0.2, 0.25) is 0 Å². The fourth-order valence-electron chi connectivity index (χ4n) is 4.03. The summed E-state index contributed by atoms with van der Waals surface area (Å²) in [6.45, 7) is 2.44. The third-order valence-corrected chi connectivity index (χ3v) is 6.59. The van der Waals surface area contributed by atoms with E-state index in [2.05, 4.69) is 10.3 Å². The van der Waals surface area contributed by atoms with Crippen molar-refractivity contribution < 1.29 is 9.59 Å². The minimum atomic E-state index is -0.349. The second-order valence-electron chi connectivity index (χ2n) is 7.82. The Kier molecular flexibility index (Phi) is 5.03. The normalized spacial score (nSPS) is 17.3. The lowest BCUT2D eigenvalue weighted by Gasteiger charge is -2.25. The van der Waals surface area contributed by atoms with E-state index in [1.54, 1.807) is 16.2 Å². The fourth-order valence-corrected chi connectivity index (χ4v) is 4.73. The van der Waals surface area contributed by atoms with Crippen molar-refractivity contribution in [2.75, 3.05) is 11.9 Å². The van der Waals surface area contributed by atoms with Gasteiger partial charge in [0.05, 0.1) is 17.7 Å². The van der Waals surface area contributed by atoms with E-state index in [0.29, 0.717) is 6.54 Å². The molecule has 1 fully saturated rings. The molecule has 156 valence electrons. The Morgan fingerprint density at radius 2 is 1.94 bits per heavy atom. The molecule has 2 aromatic heterocycles. The number of hydrogen-bond acceptors (Lipinski definition) is 4. The number of imidazole rings is 1. The largest absolute Gasteiger partial charge is 0.335 e. The molecule has 6 nitrogen and oxygen atoms in total. The Hall–Kier alpha value is -3.45. The predicted octanol–water partition coefficient (Wildman–Crippen LogP) is 4.61. The Labute approximate surface area is 184 Å². The molecule has 2 aromatic carbocycles. The summed E-state index contributed by atoms with van der Waals surface area (Å²) in [5.74, 6) is -0.448. The van der Waals surface area contributed by atoms with E-state index in [1.807, 2.05) is 83.7 Å². The number of likely N-dealkylation sites (tertiary alicyclic amines) is 1. The maximum atomic E-state index is 12.8. The molecule has 7 heteroatoms. The number of aromatic nitrogens is 2. The molecule has 31 heavy (non-hydrogen) atoms. The van der Waals surface area contributed by atoms with E-state index >= 15 is 0 Å². The number of rotatable bonds is 5. The number of hydrogen-bond donors (Lipinski definition) is 1. The van der Waals surface area contributed by atoms with Gasteiger partial charge in [0.15, 0.2) is 4.96 Å². The van der Waals surface area contributed by atoms with Crippen LogP contribution in [0.1, 0.15) is 24.9 Å². The Bertz CT molecular complexity index is 1200. The molecular weight excluding hydrogens is 408 g/mol. The van der Waals surface area contributed by atoms with Crippen molar-refractivity contribution in [2.24, 2.45) is 5.92 Å². The second-order valence-corrected chi connectivity index (χ2v) is 8.69. The van der Waals surface area contributed by atoms with Gasteiger partial charge in [-0.25, -0.2) is 4.98 Å². The summed E-state index contributed by atoms with van der Waals surface area (Å²) in [6.07, 6.45) is 4.22. The average Bonchev–Trinajstić information content (AvgIpc) is 3.49. The lowest BCUT2D eigenvalue weighted by Crippen LogP contribution is -2.30. The first-order chi connectivity index (χ1) is 15.1. The van der Waals surface area contributed by atoms with Gasteiger partial charge in [-0.05, 0) is 24.6 Å². The molecule has 0 spiro atoms. The second kappa shape index (κ2) is 8.00. The first-order valence-corrected chi connectivity index (χ1v) is 11.1. The number of nitrogens with one attached hydrogen (secondary N) is 1. The number of nitrogens with zero attached hydrogens (tertiary/aromatic N) is 3. The van der Waals surface area contributed by atoms with Crippen LogP contribution in [0.3, 0.4) is 0 Å². The number of fused-ring (bicyclic) bond motifs is 1. The monoisotopic (exact) mass is 430 g/mol. The predicted molar refractivity (Wildman–Crippen MR) is 122 cm³/mol. The van der Waals surface area contributed by atoms with Gasteiger partial charge in [0, 0.05) is 42.0 Å². The number of anilines is 1. The smallest absolute Gasteiger partial charge is 0.229 e. The van der Waals surface area contributed by atoms with Crippen molar-refractivity contribution in [2.45, 2.75) is 19.4 Å². The molecule has 0 radical (unpaired) electrons. The summed E-state index contributed by atoms with van der Waals surface area (Å²) in [7, 11) is 0. The molecule has 2 amide bonds. The lowest BCUT2D eigenvalue weighted by molar-refractivity contribution is -0.129. The molecule has 1 N–H and O–H groups in total. The van der Waals surface area contributed by atoms with E-state index in [-0.39, 0.29) is 30.2 Å². The van der Waals surface area contributed by atoms with Gasteiger partial charge in [-0.2, -0.15) is 0 Å². The van der Waals surface area contributed by atoms with Crippen LogP contribution in [0.4, 0.5) is 5.69 Å². The number of thiazole rings is 1. The third kappa shape index (κ3) is 3.84. The van der Waals surface area contributed by atoms with Crippen molar-refractivity contribution in [3.8, 4) is 11.3 Å². The third-order valence-electron chi connectivity index (χ3n) is 5.82. The summed E-state index contributed by atoms with van der Waals surface area (Å²) in [6, 6.07) is 17.5. The Morgan fingerprint density at radius 1 is 1.16 bits per heavy atom. The van der Waals surface area contributed by atoms with Crippen molar-refractivity contribution in [3.63, 3.8) is 0 Å². The number of amides is 2. The van der Waals surface area contributed by atoms with Gasteiger partial charge in [0.2, 0.25) is 11.8 Å². The standard InChI is InChI=1S/C24H22N4O2S/c1-16(17-5-3-2-4-6-17)28-14-19(13-22(28)29)23(30)25-20-9-7-18(8-10-20)21-15-27-11-12-31-24(27)26-21/h2-12,15-16,19H,13-14H2,1H3,(H,25,30)/t16-,19-/m0/s1. The van der Waals surface area contributed by atoms with Crippen molar-refractivity contribution >= 4 is 33.8 Å². The summed E-state index contributed by atoms with van der Waals surface area (Å²) in [5, 5.41) is 4.96. The van der Waals surface area contributed by atoms with Crippen LogP contribution in [-0.2, 0) is 9.59 Å². The molecule has 1 aliphatic heterocycles. The highest BCUT2D eigenvalue weighted by atomic mass is 32.1. The quantitative estimate of drug-likeness (QED) is 0.503. The van der Waals surface area contributed by atoms with Crippen LogP contribution >= 0.6 is 11.3 Å². The molecule has 1 aliphatic rings. The number of carbonyl (C=O) groups is 2. The van der Waals surface area contributed by atoms with Gasteiger partial charge in [-0.3, -0.25) is 14.0 Å². The van der Waals surface area contributed by atoms with Gasteiger partial charge >= 0.3 is 0 Å². The maximum Gasteiger partial charge on any atom is 0.229 e. The van der Waals surface area contributed by atoms with Gasteiger partial charge in [-0.1, -0.05) is 42.5 Å². The fraction of sp³-hybridized carbons (Fsp3) is 0.208. The zero-order valence-electron chi connectivity index (χ0n) is 17.1. The van der Waals surface area contributed by atoms with Gasteiger partial charge in [0.1, 0.15) is 0 Å². The topological polar surface area (TPSA) is 66.7 Å². The SMILES string of the molecule is C[C@@H](c1ccccc1)N1C[C@@H](C(=O)Nc2ccc(-c3cn4ccsc4n3)cc2)CC1=O. The first kappa shape index (κ1) is 19.5. The van der Waals surface area contributed by atoms with E-state index < -0.39 is 0 Å².